The van der Waals surface area contributed by atoms with Gasteiger partial charge in [0, 0.05) is 5.56 Å². The molecule has 20 heavy (non-hydrogen) atoms. The molecule has 0 aliphatic heterocycles. The van der Waals surface area contributed by atoms with Gasteiger partial charge in [0.05, 0.1) is 0 Å². The van der Waals surface area contributed by atoms with Gasteiger partial charge in [-0.05, 0) is 62.6 Å². The Morgan fingerprint density at radius 1 is 0.650 bits per heavy atom. The summed E-state index contributed by atoms with van der Waals surface area (Å²) in [6, 6.07) is 6.24. The quantitative estimate of drug-likeness (QED) is 0.556. The minimum atomic E-state index is 0.134. The second-order valence-electron chi connectivity index (χ2n) is 4.73. The van der Waals surface area contributed by atoms with Crippen LogP contribution < -0.4 is 0 Å². The van der Waals surface area contributed by atoms with Crippen LogP contribution in [0.2, 0.25) is 0 Å². The van der Waals surface area contributed by atoms with Crippen molar-refractivity contribution in [3.8, 4) is 23.0 Å². The Bertz CT molecular complexity index is 572. The van der Waals surface area contributed by atoms with Crippen molar-refractivity contribution in [2.75, 3.05) is 0 Å². The van der Waals surface area contributed by atoms with Gasteiger partial charge < -0.3 is 20.4 Å². The maximum atomic E-state index is 9.40. The van der Waals surface area contributed by atoms with Crippen LogP contribution >= 0.6 is 0 Å². The smallest absolute Gasteiger partial charge is 0.122 e. The van der Waals surface area contributed by atoms with Crippen molar-refractivity contribution in [3.05, 3.63) is 46.5 Å². The molecule has 0 aliphatic carbocycles. The maximum Gasteiger partial charge on any atom is 0.122 e. The second kappa shape index (κ2) is 6.19. The van der Waals surface area contributed by atoms with Gasteiger partial charge in [-0.2, -0.15) is 0 Å². The van der Waals surface area contributed by atoms with E-state index < -0.39 is 0 Å². The summed E-state index contributed by atoms with van der Waals surface area (Å²) in [5.74, 6) is 0.795. The first-order chi connectivity index (χ1) is 9.25. The molecular weight excluding hydrogens is 256 g/mol. The van der Waals surface area contributed by atoms with E-state index in [0.717, 1.165) is 11.1 Å². The summed E-state index contributed by atoms with van der Waals surface area (Å²) in [6.07, 6.45) is 0. The summed E-state index contributed by atoms with van der Waals surface area (Å²) in [4.78, 5) is 0. The molecule has 4 heteroatoms. The van der Waals surface area contributed by atoms with E-state index >= 15 is 0 Å². The average Bonchev–Trinajstić information content (AvgIpc) is 2.41. The molecule has 0 unspecified atom stereocenters. The van der Waals surface area contributed by atoms with E-state index in [1.807, 2.05) is 0 Å². The highest BCUT2D eigenvalue weighted by Crippen LogP contribution is 2.30. The molecule has 0 aromatic heterocycles. The molecule has 2 aromatic rings. The van der Waals surface area contributed by atoms with Crippen LogP contribution in [0.15, 0.2) is 24.3 Å². The standard InChI is InChI=1S/C9H12O2.C7H8O2/c1-5-4-8(10)6(2)7(3)9(5)11;1-5-6(8)3-2-4-7(5)9/h4,10-11H,1-3H3;2-4,8-9H,1H3. The molecule has 0 saturated carbocycles. The van der Waals surface area contributed by atoms with Gasteiger partial charge in [-0.25, -0.2) is 0 Å². The summed E-state index contributed by atoms with van der Waals surface area (Å²) in [6.45, 7) is 6.99. The largest absolute Gasteiger partial charge is 0.508 e. The summed E-state index contributed by atoms with van der Waals surface area (Å²) >= 11 is 0. The number of rotatable bonds is 0. The number of phenols is 4. The van der Waals surface area contributed by atoms with E-state index in [4.69, 9.17) is 10.2 Å². The molecule has 0 fully saturated rings. The summed E-state index contributed by atoms with van der Waals surface area (Å²) < 4.78 is 0. The molecule has 0 amide bonds. The molecular formula is C16H20O4. The number of hydrogen-bond acceptors (Lipinski definition) is 4. The Kier molecular flexibility index (Phi) is 4.86. The molecule has 0 heterocycles. The van der Waals surface area contributed by atoms with Crippen LogP contribution in [0.25, 0.3) is 0 Å². The zero-order valence-corrected chi connectivity index (χ0v) is 12.1. The van der Waals surface area contributed by atoms with Crippen LogP contribution in [-0.4, -0.2) is 20.4 Å². The molecule has 0 aliphatic rings. The highest BCUT2D eigenvalue weighted by atomic mass is 16.3. The summed E-state index contributed by atoms with van der Waals surface area (Å²) in [5, 5.41) is 36.6. The van der Waals surface area contributed by atoms with Crippen molar-refractivity contribution in [1.29, 1.82) is 0 Å². The second-order valence-corrected chi connectivity index (χ2v) is 4.73. The number of aryl methyl sites for hydroxylation is 1. The van der Waals surface area contributed by atoms with E-state index in [0.29, 0.717) is 11.1 Å². The fraction of sp³-hybridized carbons (Fsp3) is 0.250. The van der Waals surface area contributed by atoms with Gasteiger partial charge >= 0.3 is 0 Å². The van der Waals surface area contributed by atoms with Gasteiger partial charge in [0.2, 0.25) is 0 Å². The minimum Gasteiger partial charge on any atom is -0.508 e. The predicted octanol–water partition coefficient (Wildman–Crippen LogP) is 3.43. The van der Waals surface area contributed by atoms with Gasteiger partial charge in [0.15, 0.2) is 0 Å². The molecule has 0 spiro atoms. The van der Waals surface area contributed by atoms with E-state index in [2.05, 4.69) is 0 Å². The topological polar surface area (TPSA) is 80.9 Å². The highest BCUT2D eigenvalue weighted by Gasteiger charge is 2.06. The lowest BCUT2D eigenvalue weighted by Gasteiger charge is -2.07. The van der Waals surface area contributed by atoms with Crippen molar-refractivity contribution < 1.29 is 20.4 Å². The Balaban J connectivity index is 0.000000204. The Hall–Kier alpha value is -2.36. The van der Waals surface area contributed by atoms with E-state index in [1.54, 1.807) is 39.8 Å². The molecule has 0 bridgehead atoms. The fourth-order valence-electron chi connectivity index (χ4n) is 1.66. The predicted molar refractivity (Wildman–Crippen MR) is 78.5 cm³/mol. The molecule has 0 saturated heterocycles. The first-order valence-electron chi connectivity index (χ1n) is 6.22. The van der Waals surface area contributed by atoms with Gasteiger partial charge in [-0.15, -0.1) is 0 Å². The van der Waals surface area contributed by atoms with Crippen molar-refractivity contribution >= 4 is 0 Å². The Labute approximate surface area is 118 Å². The molecule has 108 valence electrons. The molecule has 4 N–H and O–H groups in total. The zero-order valence-electron chi connectivity index (χ0n) is 12.1. The fourth-order valence-corrected chi connectivity index (χ4v) is 1.66. The zero-order chi connectivity index (χ0) is 15.4. The number of hydrogen-bond donors (Lipinski definition) is 4. The monoisotopic (exact) mass is 276 g/mol. The molecule has 4 nitrogen and oxygen atoms in total. The van der Waals surface area contributed by atoms with Crippen LogP contribution in [-0.2, 0) is 0 Å². The first kappa shape index (κ1) is 15.7. The number of phenolic OH excluding ortho intramolecular Hbond substituents is 4. The SMILES string of the molecule is Cc1c(O)cccc1O.Cc1cc(O)c(C)c(C)c1O. The van der Waals surface area contributed by atoms with Crippen LogP contribution in [0.3, 0.4) is 0 Å². The van der Waals surface area contributed by atoms with E-state index in [-0.39, 0.29) is 23.0 Å². The number of aromatic hydroxyl groups is 4. The number of benzene rings is 2. The lowest BCUT2D eigenvalue weighted by Crippen LogP contribution is -1.85. The van der Waals surface area contributed by atoms with E-state index in [1.165, 1.54) is 12.1 Å². The van der Waals surface area contributed by atoms with Gasteiger partial charge in [-0.1, -0.05) is 6.07 Å². The van der Waals surface area contributed by atoms with Gasteiger partial charge in [0.25, 0.3) is 0 Å². The van der Waals surface area contributed by atoms with E-state index in [9.17, 15) is 10.2 Å². The normalized spacial score (nSPS) is 9.80. The maximum absolute atomic E-state index is 9.40. The summed E-state index contributed by atoms with van der Waals surface area (Å²) in [7, 11) is 0. The van der Waals surface area contributed by atoms with Crippen LogP contribution in [0, 0.1) is 27.7 Å². The molecule has 0 radical (unpaired) electrons. The highest BCUT2D eigenvalue weighted by molar-refractivity contribution is 5.50. The first-order valence-corrected chi connectivity index (χ1v) is 6.22. The van der Waals surface area contributed by atoms with Crippen molar-refractivity contribution in [2.45, 2.75) is 27.7 Å². The average molecular weight is 276 g/mol. The van der Waals surface area contributed by atoms with Gasteiger partial charge in [-0.3, -0.25) is 0 Å². The third-order valence-corrected chi connectivity index (χ3v) is 3.31. The minimum absolute atomic E-state index is 0.134. The lowest BCUT2D eigenvalue weighted by molar-refractivity contribution is 0.443. The molecule has 2 aromatic carbocycles. The van der Waals surface area contributed by atoms with Crippen LogP contribution in [0.1, 0.15) is 22.3 Å². The third-order valence-electron chi connectivity index (χ3n) is 3.31. The van der Waals surface area contributed by atoms with Crippen LogP contribution in [0.5, 0.6) is 23.0 Å². The van der Waals surface area contributed by atoms with Crippen molar-refractivity contribution in [2.24, 2.45) is 0 Å². The molecule has 0 atom stereocenters. The van der Waals surface area contributed by atoms with Crippen LogP contribution in [0.4, 0.5) is 0 Å². The van der Waals surface area contributed by atoms with Crippen molar-refractivity contribution in [3.63, 3.8) is 0 Å². The van der Waals surface area contributed by atoms with Gasteiger partial charge in [0.1, 0.15) is 23.0 Å². The lowest BCUT2D eigenvalue weighted by atomic mass is 10.0. The third kappa shape index (κ3) is 3.35. The Morgan fingerprint density at radius 3 is 1.60 bits per heavy atom. The van der Waals surface area contributed by atoms with Crippen molar-refractivity contribution in [1.82, 2.24) is 0 Å². The Morgan fingerprint density at radius 2 is 1.15 bits per heavy atom. The molecule has 2 rings (SSSR count). The summed E-state index contributed by atoms with van der Waals surface area (Å²) in [5.41, 5.74) is 2.73.